The maximum absolute atomic E-state index is 12.2. The zero-order valence-corrected chi connectivity index (χ0v) is 15.5. The Balaban J connectivity index is 1.63. The maximum atomic E-state index is 12.2. The molecule has 0 unspecified atom stereocenters. The van der Waals surface area contributed by atoms with E-state index in [1.807, 2.05) is 19.1 Å². The van der Waals surface area contributed by atoms with Gasteiger partial charge in [0.2, 0.25) is 0 Å². The third-order valence-corrected chi connectivity index (χ3v) is 4.86. The van der Waals surface area contributed by atoms with Crippen molar-refractivity contribution in [1.82, 2.24) is 10.3 Å². The fourth-order valence-corrected chi connectivity index (χ4v) is 3.30. The molecule has 136 valence electrons. The third-order valence-electron chi connectivity index (χ3n) is 3.69. The van der Waals surface area contributed by atoms with Crippen molar-refractivity contribution in [3.8, 4) is 22.3 Å². The van der Waals surface area contributed by atoms with Gasteiger partial charge in [0.1, 0.15) is 11.5 Å². The molecule has 1 aromatic carbocycles. The van der Waals surface area contributed by atoms with Crippen molar-refractivity contribution >= 4 is 23.1 Å². The van der Waals surface area contributed by atoms with Crippen LogP contribution in [0.1, 0.15) is 10.6 Å². The van der Waals surface area contributed by atoms with Crippen molar-refractivity contribution in [3.63, 3.8) is 0 Å². The number of furan rings is 1. The number of aromatic nitrogens is 1. The first-order chi connectivity index (χ1) is 12.6. The van der Waals surface area contributed by atoms with E-state index in [4.69, 9.17) is 13.9 Å². The van der Waals surface area contributed by atoms with Crippen LogP contribution in [-0.2, 0) is 6.54 Å². The predicted molar refractivity (Wildman–Crippen MR) is 100.0 cm³/mol. The van der Waals surface area contributed by atoms with E-state index < -0.39 is 0 Å². The average molecular weight is 373 g/mol. The number of benzene rings is 1. The van der Waals surface area contributed by atoms with Crippen molar-refractivity contribution in [2.45, 2.75) is 13.5 Å². The summed E-state index contributed by atoms with van der Waals surface area (Å²) in [5.41, 5.74) is 1.42. The van der Waals surface area contributed by atoms with Crippen molar-refractivity contribution in [2.24, 2.45) is 0 Å². The number of amides is 2. The van der Waals surface area contributed by atoms with Gasteiger partial charge in [-0.3, -0.25) is 0 Å². The number of hydrogen-bond donors (Lipinski definition) is 2. The Hall–Kier alpha value is -3.00. The monoisotopic (exact) mass is 373 g/mol. The summed E-state index contributed by atoms with van der Waals surface area (Å²) < 4.78 is 15.8. The van der Waals surface area contributed by atoms with Gasteiger partial charge in [-0.05, 0) is 31.2 Å². The lowest BCUT2D eigenvalue weighted by atomic mass is 10.2. The second kappa shape index (κ2) is 7.92. The molecule has 2 amide bonds. The van der Waals surface area contributed by atoms with Crippen LogP contribution in [0.3, 0.4) is 0 Å². The van der Waals surface area contributed by atoms with E-state index in [1.165, 1.54) is 18.4 Å². The van der Waals surface area contributed by atoms with Crippen LogP contribution in [-0.4, -0.2) is 25.2 Å². The van der Waals surface area contributed by atoms with Gasteiger partial charge < -0.3 is 24.5 Å². The van der Waals surface area contributed by atoms with Crippen LogP contribution in [0.2, 0.25) is 0 Å². The Morgan fingerprint density at radius 2 is 2.12 bits per heavy atom. The molecule has 0 aliphatic carbocycles. The number of carbonyl (C=O) groups is 1. The van der Waals surface area contributed by atoms with Gasteiger partial charge in [-0.2, -0.15) is 0 Å². The fraction of sp³-hybridized carbons (Fsp3) is 0.222. The normalized spacial score (nSPS) is 10.4. The first kappa shape index (κ1) is 17.8. The second-order valence-corrected chi connectivity index (χ2v) is 6.46. The molecule has 0 radical (unpaired) electrons. The Labute approximate surface area is 155 Å². The van der Waals surface area contributed by atoms with E-state index >= 15 is 0 Å². The fourth-order valence-electron chi connectivity index (χ4n) is 2.33. The molecule has 26 heavy (non-hydrogen) atoms. The first-order valence-corrected chi connectivity index (χ1v) is 8.69. The summed E-state index contributed by atoms with van der Waals surface area (Å²) in [5, 5.41) is 6.39. The van der Waals surface area contributed by atoms with Crippen LogP contribution in [0.4, 0.5) is 10.5 Å². The number of carbonyl (C=O) groups excluding carboxylic acids is 1. The van der Waals surface area contributed by atoms with Gasteiger partial charge in [-0.15, -0.1) is 11.3 Å². The highest BCUT2D eigenvalue weighted by Crippen LogP contribution is 2.30. The molecular weight excluding hydrogens is 354 g/mol. The molecule has 2 aromatic heterocycles. The highest BCUT2D eigenvalue weighted by atomic mass is 32.1. The standard InChI is InChI=1S/C18H19N3O4S/c1-11-16(26-17(20-11)14-5-4-8-25-14)10-19-18(22)21-13-7-6-12(23-2)9-15(13)24-3/h4-9H,10H2,1-3H3,(H2,19,21,22). The molecule has 0 bridgehead atoms. The molecule has 0 aliphatic heterocycles. The van der Waals surface area contributed by atoms with Crippen molar-refractivity contribution in [3.05, 3.63) is 47.2 Å². The number of ether oxygens (including phenoxy) is 2. The Kier molecular flexibility index (Phi) is 5.43. The van der Waals surface area contributed by atoms with Crippen LogP contribution < -0.4 is 20.1 Å². The van der Waals surface area contributed by atoms with Gasteiger partial charge in [-0.25, -0.2) is 9.78 Å². The third kappa shape index (κ3) is 3.97. The molecule has 0 spiro atoms. The van der Waals surface area contributed by atoms with Crippen LogP contribution in [0, 0.1) is 6.92 Å². The second-order valence-electron chi connectivity index (χ2n) is 5.38. The van der Waals surface area contributed by atoms with Gasteiger partial charge in [0.05, 0.1) is 38.4 Å². The number of anilines is 1. The molecular formula is C18H19N3O4S. The Bertz CT molecular complexity index is 890. The first-order valence-electron chi connectivity index (χ1n) is 7.87. The van der Waals surface area contributed by atoms with Crippen LogP contribution in [0.15, 0.2) is 41.0 Å². The SMILES string of the molecule is COc1ccc(NC(=O)NCc2sc(-c3ccco3)nc2C)c(OC)c1. The van der Waals surface area contributed by atoms with Gasteiger partial charge in [0, 0.05) is 10.9 Å². The highest BCUT2D eigenvalue weighted by molar-refractivity contribution is 7.15. The zero-order valence-electron chi connectivity index (χ0n) is 14.7. The number of urea groups is 1. The lowest BCUT2D eigenvalue weighted by molar-refractivity contribution is 0.251. The molecule has 0 saturated heterocycles. The predicted octanol–water partition coefficient (Wildman–Crippen LogP) is 4.05. The van der Waals surface area contributed by atoms with Crippen molar-refractivity contribution < 1.29 is 18.7 Å². The molecule has 3 aromatic rings. The Morgan fingerprint density at radius 1 is 1.27 bits per heavy atom. The molecule has 0 saturated carbocycles. The summed E-state index contributed by atoms with van der Waals surface area (Å²) >= 11 is 1.49. The maximum Gasteiger partial charge on any atom is 0.319 e. The minimum atomic E-state index is -0.333. The zero-order chi connectivity index (χ0) is 18.5. The van der Waals surface area contributed by atoms with E-state index in [0.29, 0.717) is 23.7 Å². The minimum absolute atomic E-state index is 0.333. The van der Waals surface area contributed by atoms with Crippen molar-refractivity contribution in [2.75, 3.05) is 19.5 Å². The topological polar surface area (TPSA) is 85.6 Å². The molecule has 7 nitrogen and oxygen atoms in total. The van der Waals surface area contributed by atoms with Crippen LogP contribution in [0.25, 0.3) is 10.8 Å². The number of hydrogen-bond acceptors (Lipinski definition) is 6. The smallest absolute Gasteiger partial charge is 0.319 e. The van der Waals surface area contributed by atoms with Gasteiger partial charge in [-0.1, -0.05) is 0 Å². The summed E-state index contributed by atoms with van der Waals surface area (Å²) in [4.78, 5) is 17.7. The minimum Gasteiger partial charge on any atom is -0.497 e. The van der Waals surface area contributed by atoms with E-state index in [0.717, 1.165) is 21.3 Å². The van der Waals surface area contributed by atoms with Gasteiger partial charge in [0.25, 0.3) is 0 Å². The largest absolute Gasteiger partial charge is 0.497 e. The van der Waals surface area contributed by atoms with Gasteiger partial charge >= 0.3 is 6.03 Å². The number of rotatable bonds is 6. The van der Waals surface area contributed by atoms with E-state index in [9.17, 15) is 4.79 Å². The summed E-state index contributed by atoms with van der Waals surface area (Å²) in [7, 11) is 3.11. The molecule has 0 fully saturated rings. The molecule has 2 heterocycles. The number of thiazole rings is 1. The molecule has 0 atom stereocenters. The Morgan fingerprint density at radius 3 is 2.81 bits per heavy atom. The van der Waals surface area contributed by atoms with Crippen molar-refractivity contribution in [1.29, 1.82) is 0 Å². The molecule has 2 N–H and O–H groups in total. The molecule has 3 rings (SSSR count). The summed E-state index contributed by atoms with van der Waals surface area (Å²) in [5.74, 6) is 1.89. The lowest BCUT2D eigenvalue weighted by Gasteiger charge is -2.12. The summed E-state index contributed by atoms with van der Waals surface area (Å²) in [6.07, 6.45) is 1.61. The van der Waals surface area contributed by atoms with E-state index in [2.05, 4.69) is 15.6 Å². The van der Waals surface area contributed by atoms with E-state index in [-0.39, 0.29) is 6.03 Å². The lowest BCUT2D eigenvalue weighted by Crippen LogP contribution is -2.28. The average Bonchev–Trinajstić information content (AvgIpc) is 3.30. The van der Waals surface area contributed by atoms with E-state index in [1.54, 1.807) is 31.6 Å². The number of aryl methyl sites for hydroxylation is 1. The number of methoxy groups -OCH3 is 2. The van der Waals surface area contributed by atoms with Gasteiger partial charge in [0.15, 0.2) is 10.8 Å². The highest BCUT2D eigenvalue weighted by Gasteiger charge is 2.13. The molecule has 0 aliphatic rings. The van der Waals surface area contributed by atoms with Crippen LogP contribution in [0.5, 0.6) is 11.5 Å². The summed E-state index contributed by atoms with van der Waals surface area (Å²) in [6, 6.07) is 8.53. The number of nitrogens with zero attached hydrogens (tertiary/aromatic N) is 1. The summed E-state index contributed by atoms with van der Waals surface area (Å²) in [6.45, 7) is 2.28. The molecule has 8 heteroatoms. The number of nitrogens with one attached hydrogen (secondary N) is 2. The quantitative estimate of drug-likeness (QED) is 0.681. The van der Waals surface area contributed by atoms with Crippen LogP contribution >= 0.6 is 11.3 Å².